The van der Waals surface area contributed by atoms with Crippen LogP contribution in [0.1, 0.15) is 41.4 Å². The standard InChI is InChI=1S/C30H22O8/c1-37-21-7-3-5-19(13-21)27(33)29(35)23-11-9-17(15-25(23)31)18-10-12-24(26(32)16-18)30(36)28(34)20-6-4-8-22(14-20)38-2/h3-16,31-32H,1-2H3. The minimum atomic E-state index is -0.901. The van der Waals surface area contributed by atoms with E-state index in [2.05, 4.69) is 0 Å². The van der Waals surface area contributed by atoms with Crippen molar-refractivity contribution in [2.24, 2.45) is 0 Å². The number of phenolic OH excluding ortho intramolecular Hbond substituents is 2. The van der Waals surface area contributed by atoms with E-state index in [9.17, 15) is 29.4 Å². The molecule has 0 spiro atoms. The van der Waals surface area contributed by atoms with Crippen molar-refractivity contribution in [2.75, 3.05) is 14.2 Å². The van der Waals surface area contributed by atoms with Crippen LogP contribution in [0.5, 0.6) is 23.0 Å². The van der Waals surface area contributed by atoms with E-state index in [1.54, 1.807) is 24.3 Å². The predicted octanol–water partition coefficient (Wildman–Crippen LogP) is 4.91. The van der Waals surface area contributed by atoms with Crippen molar-refractivity contribution in [1.29, 1.82) is 0 Å². The van der Waals surface area contributed by atoms with Crippen molar-refractivity contribution < 1.29 is 38.9 Å². The van der Waals surface area contributed by atoms with E-state index in [1.807, 2.05) is 0 Å². The third-order valence-corrected chi connectivity index (χ3v) is 5.89. The van der Waals surface area contributed by atoms with Gasteiger partial charge in [0.2, 0.25) is 23.1 Å². The summed E-state index contributed by atoms with van der Waals surface area (Å²) in [6.45, 7) is 0. The molecule has 0 heterocycles. The highest BCUT2D eigenvalue weighted by Crippen LogP contribution is 2.31. The molecule has 8 heteroatoms. The molecular formula is C30H22O8. The van der Waals surface area contributed by atoms with Gasteiger partial charge in [0.1, 0.15) is 23.0 Å². The summed E-state index contributed by atoms with van der Waals surface area (Å²) in [6.07, 6.45) is 0. The van der Waals surface area contributed by atoms with Gasteiger partial charge in [-0.15, -0.1) is 0 Å². The zero-order chi connectivity index (χ0) is 27.4. The minimum absolute atomic E-state index is 0.117. The average molecular weight is 510 g/mol. The summed E-state index contributed by atoms with van der Waals surface area (Å²) in [5, 5.41) is 21.0. The topological polar surface area (TPSA) is 127 Å². The second kappa shape index (κ2) is 10.8. The Morgan fingerprint density at radius 1 is 0.526 bits per heavy atom. The van der Waals surface area contributed by atoms with E-state index >= 15 is 0 Å². The number of rotatable bonds is 9. The van der Waals surface area contributed by atoms with Gasteiger partial charge in [-0.25, -0.2) is 0 Å². The van der Waals surface area contributed by atoms with Gasteiger partial charge in [-0.05, 0) is 59.7 Å². The number of carbonyl (C=O) groups excluding carboxylic acids is 4. The molecule has 8 nitrogen and oxygen atoms in total. The molecule has 0 radical (unpaired) electrons. The molecular weight excluding hydrogens is 488 g/mol. The van der Waals surface area contributed by atoms with E-state index in [1.165, 1.54) is 74.9 Å². The summed E-state index contributed by atoms with van der Waals surface area (Å²) in [4.78, 5) is 50.8. The molecule has 0 aromatic heterocycles. The lowest BCUT2D eigenvalue weighted by Crippen LogP contribution is -2.15. The highest BCUT2D eigenvalue weighted by Gasteiger charge is 2.24. The first-order valence-electron chi connectivity index (χ1n) is 11.4. The van der Waals surface area contributed by atoms with Crippen LogP contribution >= 0.6 is 0 Å². The zero-order valence-electron chi connectivity index (χ0n) is 20.4. The van der Waals surface area contributed by atoms with Crippen LogP contribution in [-0.2, 0) is 0 Å². The smallest absolute Gasteiger partial charge is 0.237 e. The van der Waals surface area contributed by atoms with Gasteiger partial charge >= 0.3 is 0 Å². The zero-order valence-corrected chi connectivity index (χ0v) is 20.4. The summed E-state index contributed by atoms with van der Waals surface area (Å²) in [5.41, 5.74) is 0.656. The third kappa shape index (κ3) is 5.15. The van der Waals surface area contributed by atoms with Crippen LogP contribution in [0.15, 0.2) is 84.9 Å². The molecule has 4 rings (SSSR count). The first kappa shape index (κ1) is 25.8. The Morgan fingerprint density at radius 2 is 0.921 bits per heavy atom. The first-order chi connectivity index (χ1) is 18.2. The van der Waals surface area contributed by atoms with Crippen molar-refractivity contribution in [2.45, 2.75) is 0 Å². The second-order valence-corrected chi connectivity index (χ2v) is 8.24. The molecule has 0 bridgehead atoms. The predicted molar refractivity (Wildman–Crippen MR) is 139 cm³/mol. The fourth-order valence-corrected chi connectivity index (χ4v) is 3.84. The second-order valence-electron chi connectivity index (χ2n) is 8.24. The van der Waals surface area contributed by atoms with Crippen LogP contribution in [0.3, 0.4) is 0 Å². The van der Waals surface area contributed by atoms with Crippen LogP contribution in [0.25, 0.3) is 11.1 Å². The Hall–Kier alpha value is -5.24. The van der Waals surface area contributed by atoms with Crippen LogP contribution in [0.4, 0.5) is 0 Å². The van der Waals surface area contributed by atoms with Crippen molar-refractivity contribution in [3.63, 3.8) is 0 Å². The van der Waals surface area contributed by atoms with Gasteiger partial charge in [0.15, 0.2) is 0 Å². The SMILES string of the molecule is COc1cccc(C(=O)C(=O)c2ccc(-c3ccc(C(=O)C(=O)c4cccc(OC)c4)c(O)c3)cc2O)c1. The van der Waals surface area contributed by atoms with E-state index in [0.29, 0.717) is 22.6 Å². The molecule has 0 aliphatic heterocycles. The summed E-state index contributed by atoms with van der Waals surface area (Å²) in [7, 11) is 2.88. The molecule has 0 saturated carbocycles. The number of carbonyl (C=O) groups is 4. The number of benzene rings is 4. The average Bonchev–Trinajstić information content (AvgIpc) is 2.95. The Bertz CT molecular complexity index is 1470. The molecule has 190 valence electrons. The van der Waals surface area contributed by atoms with E-state index < -0.39 is 34.6 Å². The summed E-state index contributed by atoms with van der Waals surface area (Å²) in [6, 6.07) is 20.3. The Labute approximate surface area is 217 Å². The highest BCUT2D eigenvalue weighted by molar-refractivity contribution is 6.50. The van der Waals surface area contributed by atoms with Crippen molar-refractivity contribution in [3.8, 4) is 34.1 Å². The normalized spacial score (nSPS) is 10.5. The maximum absolute atomic E-state index is 12.7. The van der Waals surface area contributed by atoms with Gasteiger partial charge < -0.3 is 19.7 Å². The van der Waals surface area contributed by atoms with E-state index in [0.717, 1.165) is 0 Å². The molecule has 0 fully saturated rings. The van der Waals surface area contributed by atoms with Gasteiger partial charge in [-0.1, -0.05) is 36.4 Å². The molecule has 0 atom stereocenters. The van der Waals surface area contributed by atoms with Crippen molar-refractivity contribution in [1.82, 2.24) is 0 Å². The van der Waals surface area contributed by atoms with Gasteiger partial charge in [-0.2, -0.15) is 0 Å². The van der Waals surface area contributed by atoms with E-state index in [-0.39, 0.29) is 22.3 Å². The molecule has 0 aliphatic rings. The number of hydrogen-bond acceptors (Lipinski definition) is 8. The summed E-state index contributed by atoms with van der Waals surface area (Å²) < 4.78 is 10.2. The number of ether oxygens (including phenoxy) is 2. The van der Waals surface area contributed by atoms with Crippen LogP contribution < -0.4 is 9.47 Å². The van der Waals surface area contributed by atoms with Gasteiger partial charge in [-0.3, -0.25) is 19.2 Å². The Morgan fingerprint density at radius 3 is 1.26 bits per heavy atom. The fourth-order valence-electron chi connectivity index (χ4n) is 3.84. The molecule has 2 N–H and O–H groups in total. The fraction of sp³-hybridized carbons (Fsp3) is 0.0667. The van der Waals surface area contributed by atoms with Gasteiger partial charge in [0.25, 0.3) is 0 Å². The molecule has 4 aromatic rings. The maximum Gasteiger partial charge on any atom is 0.237 e. The van der Waals surface area contributed by atoms with E-state index in [4.69, 9.17) is 9.47 Å². The van der Waals surface area contributed by atoms with Crippen LogP contribution in [0.2, 0.25) is 0 Å². The summed E-state index contributed by atoms with van der Waals surface area (Å²) >= 11 is 0. The highest BCUT2D eigenvalue weighted by atomic mass is 16.5. The Kier molecular flexibility index (Phi) is 7.34. The largest absolute Gasteiger partial charge is 0.507 e. The van der Waals surface area contributed by atoms with Gasteiger partial charge in [0.05, 0.1) is 25.3 Å². The molecule has 38 heavy (non-hydrogen) atoms. The number of Topliss-reactive ketones (excluding diaryl/α,β-unsaturated/α-hetero) is 4. The number of methoxy groups -OCH3 is 2. The molecule has 0 amide bonds. The van der Waals surface area contributed by atoms with Crippen molar-refractivity contribution in [3.05, 3.63) is 107 Å². The number of aromatic hydroxyl groups is 2. The van der Waals surface area contributed by atoms with Crippen LogP contribution in [0, 0.1) is 0 Å². The minimum Gasteiger partial charge on any atom is -0.507 e. The summed E-state index contributed by atoms with van der Waals surface area (Å²) in [5.74, 6) is -3.47. The maximum atomic E-state index is 12.7. The third-order valence-electron chi connectivity index (χ3n) is 5.89. The molecule has 0 unspecified atom stereocenters. The lowest BCUT2D eigenvalue weighted by atomic mass is 9.95. The lowest BCUT2D eigenvalue weighted by molar-refractivity contribution is 0.0815. The number of phenols is 2. The monoisotopic (exact) mass is 510 g/mol. The first-order valence-corrected chi connectivity index (χ1v) is 11.4. The molecule has 4 aromatic carbocycles. The van der Waals surface area contributed by atoms with Gasteiger partial charge in [0, 0.05) is 11.1 Å². The number of hydrogen-bond donors (Lipinski definition) is 2. The lowest BCUT2D eigenvalue weighted by Gasteiger charge is -2.10. The van der Waals surface area contributed by atoms with Crippen LogP contribution in [-0.4, -0.2) is 47.6 Å². The quantitative estimate of drug-likeness (QED) is 0.240. The number of ketones is 4. The molecule has 0 saturated heterocycles. The van der Waals surface area contributed by atoms with Crippen molar-refractivity contribution >= 4 is 23.1 Å². The Balaban J connectivity index is 1.57. The molecule has 0 aliphatic carbocycles.